The molecule has 2 aromatic heterocycles. The number of aryl methyl sites for hydroxylation is 3. The third-order valence-corrected chi connectivity index (χ3v) is 3.72. The number of hydrogen-bond acceptors (Lipinski definition) is 5. The first kappa shape index (κ1) is 13.5. The van der Waals surface area contributed by atoms with E-state index in [4.69, 9.17) is 5.73 Å². The van der Waals surface area contributed by atoms with Crippen molar-refractivity contribution in [3.63, 3.8) is 0 Å². The van der Waals surface area contributed by atoms with Gasteiger partial charge in [-0.2, -0.15) is 5.10 Å². The zero-order chi connectivity index (χ0) is 14.0. The zero-order valence-corrected chi connectivity index (χ0v) is 12.0. The fourth-order valence-electron chi connectivity index (χ4n) is 1.79. The van der Waals surface area contributed by atoms with E-state index in [-0.39, 0.29) is 5.91 Å². The SMILES string of the molecule is CCn1nc(C)c(N)c1C(=O)NCc1nc(C)cs1. The number of thiazole rings is 1. The van der Waals surface area contributed by atoms with Crippen LogP contribution in [-0.2, 0) is 13.1 Å². The van der Waals surface area contributed by atoms with E-state index in [0.717, 1.165) is 10.7 Å². The first-order valence-electron chi connectivity index (χ1n) is 6.05. The van der Waals surface area contributed by atoms with Gasteiger partial charge in [-0.1, -0.05) is 0 Å². The summed E-state index contributed by atoms with van der Waals surface area (Å²) in [5, 5.41) is 9.89. The van der Waals surface area contributed by atoms with E-state index in [1.54, 1.807) is 11.6 Å². The quantitative estimate of drug-likeness (QED) is 0.887. The molecule has 102 valence electrons. The molecule has 7 heteroatoms. The average Bonchev–Trinajstić information content (AvgIpc) is 2.92. The number of amides is 1. The van der Waals surface area contributed by atoms with Crippen molar-refractivity contribution in [2.75, 3.05) is 5.73 Å². The van der Waals surface area contributed by atoms with Gasteiger partial charge >= 0.3 is 0 Å². The van der Waals surface area contributed by atoms with E-state index in [9.17, 15) is 4.79 Å². The van der Waals surface area contributed by atoms with Gasteiger partial charge in [0.1, 0.15) is 10.7 Å². The van der Waals surface area contributed by atoms with Gasteiger partial charge in [-0.3, -0.25) is 9.48 Å². The monoisotopic (exact) mass is 279 g/mol. The van der Waals surface area contributed by atoms with Gasteiger partial charge in [0.15, 0.2) is 0 Å². The molecule has 2 heterocycles. The Labute approximate surface area is 115 Å². The molecule has 0 saturated carbocycles. The molecule has 0 spiro atoms. The molecule has 2 rings (SSSR count). The van der Waals surface area contributed by atoms with Gasteiger partial charge < -0.3 is 11.1 Å². The molecule has 3 N–H and O–H groups in total. The van der Waals surface area contributed by atoms with E-state index in [2.05, 4.69) is 15.4 Å². The summed E-state index contributed by atoms with van der Waals surface area (Å²) in [4.78, 5) is 16.5. The third-order valence-electron chi connectivity index (χ3n) is 2.76. The summed E-state index contributed by atoms with van der Waals surface area (Å²) in [7, 11) is 0. The van der Waals surface area contributed by atoms with E-state index < -0.39 is 0 Å². The number of nitrogen functional groups attached to an aromatic ring is 1. The average molecular weight is 279 g/mol. The molecule has 0 aliphatic rings. The van der Waals surface area contributed by atoms with Gasteiger partial charge in [0.2, 0.25) is 0 Å². The first-order valence-corrected chi connectivity index (χ1v) is 6.93. The van der Waals surface area contributed by atoms with Crippen LogP contribution >= 0.6 is 11.3 Å². The van der Waals surface area contributed by atoms with Crippen LogP contribution in [-0.4, -0.2) is 20.7 Å². The molecule has 2 aromatic rings. The molecule has 0 fully saturated rings. The highest BCUT2D eigenvalue weighted by Crippen LogP contribution is 2.16. The Hall–Kier alpha value is -1.89. The van der Waals surface area contributed by atoms with Gasteiger partial charge in [-0.25, -0.2) is 4.98 Å². The van der Waals surface area contributed by atoms with Crippen LogP contribution in [0.3, 0.4) is 0 Å². The predicted molar refractivity (Wildman–Crippen MR) is 75.1 cm³/mol. The van der Waals surface area contributed by atoms with Crippen LogP contribution in [0.2, 0.25) is 0 Å². The number of carbonyl (C=O) groups is 1. The highest BCUT2D eigenvalue weighted by Gasteiger charge is 2.18. The minimum atomic E-state index is -0.215. The number of nitrogens with one attached hydrogen (secondary N) is 1. The van der Waals surface area contributed by atoms with Crippen molar-refractivity contribution in [3.8, 4) is 0 Å². The molecule has 0 radical (unpaired) electrons. The largest absolute Gasteiger partial charge is 0.395 e. The molecule has 6 nitrogen and oxygen atoms in total. The van der Waals surface area contributed by atoms with Gasteiger partial charge in [-0.05, 0) is 20.8 Å². The van der Waals surface area contributed by atoms with Crippen LogP contribution in [0.5, 0.6) is 0 Å². The number of anilines is 1. The predicted octanol–water partition coefficient (Wildman–Crippen LogP) is 1.49. The molecule has 19 heavy (non-hydrogen) atoms. The Balaban J connectivity index is 2.12. The normalized spacial score (nSPS) is 10.7. The number of hydrogen-bond donors (Lipinski definition) is 2. The Morgan fingerprint density at radius 1 is 1.53 bits per heavy atom. The minimum Gasteiger partial charge on any atom is -0.395 e. The maximum absolute atomic E-state index is 12.2. The zero-order valence-electron chi connectivity index (χ0n) is 11.2. The molecule has 1 amide bonds. The molecule has 0 aromatic carbocycles. The molecular formula is C12H17N5OS. The molecule has 0 bridgehead atoms. The lowest BCUT2D eigenvalue weighted by Gasteiger charge is -2.06. The van der Waals surface area contributed by atoms with E-state index in [0.29, 0.717) is 30.2 Å². The van der Waals surface area contributed by atoms with E-state index in [1.165, 1.54) is 11.3 Å². The maximum Gasteiger partial charge on any atom is 0.272 e. The van der Waals surface area contributed by atoms with Crippen molar-refractivity contribution in [1.82, 2.24) is 20.1 Å². The number of carbonyl (C=O) groups excluding carboxylic acids is 1. The summed E-state index contributed by atoms with van der Waals surface area (Å²) in [6.45, 7) is 6.66. The van der Waals surface area contributed by atoms with Crippen molar-refractivity contribution in [2.24, 2.45) is 0 Å². The van der Waals surface area contributed by atoms with Crippen molar-refractivity contribution >= 4 is 22.9 Å². The van der Waals surface area contributed by atoms with Crippen LogP contribution in [0.25, 0.3) is 0 Å². The van der Waals surface area contributed by atoms with E-state index in [1.807, 2.05) is 19.2 Å². The second-order valence-corrected chi connectivity index (χ2v) is 5.17. The van der Waals surface area contributed by atoms with Crippen LogP contribution in [0, 0.1) is 13.8 Å². The molecule has 0 aliphatic carbocycles. The second-order valence-electron chi connectivity index (χ2n) is 4.23. The summed E-state index contributed by atoms with van der Waals surface area (Å²) in [5.41, 5.74) is 8.40. The summed E-state index contributed by atoms with van der Waals surface area (Å²) < 4.78 is 1.62. The molecule has 0 unspecified atom stereocenters. The minimum absolute atomic E-state index is 0.215. The number of rotatable bonds is 4. The fourth-order valence-corrected chi connectivity index (χ4v) is 2.50. The molecule has 0 aliphatic heterocycles. The van der Waals surface area contributed by atoms with Crippen LogP contribution in [0.1, 0.15) is 33.8 Å². The fraction of sp³-hybridized carbons (Fsp3) is 0.417. The molecule has 0 saturated heterocycles. The highest BCUT2D eigenvalue weighted by molar-refractivity contribution is 7.09. The summed E-state index contributed by atoms with van der Waals surface area (Å²) >= 11 is 1.53. The Kier molecular flexibility index (Phi) is 3.84. The molecular weight excluding hydrogens is 262 g/mol. The lowest BCUT2D eigenvalue weighted by Crippen LogP contribution is -2.26. The maximum atomic E-state index is 12.2. The van der Waals surface area contributed by atoms with Gasteiger partial charge in [0.05, 0.1) is 17.9 Å². The number of nitrogens with zero attached hydrogens (tertiary/aromatic N) is 3. The van der Waals surface area contributed by atoms with Gasteiger partial charge in [0.25, 0.3) is 5.91 Å². The van der Waals surface area contributed by atoms with Crippen molar-refractivity contribution < 1.29 is 4.79 Å². The summed E-state index contributed by atoms with van der Waals surface area (Å²) in [6, 6.07) is 0. The summed E-state index contributed by atoms with van der Waals surface area (Å²) in [5.74, 6) is -0.215. The Bertz CT molecular complexity index is 601. The van der Waals surface area contributed by atoms with Crippen molar-refractivity contribution in [3.05, 3.63) is 27.5 Å². The third kappa shape index (κ3) is 2.76. The standard InChI is InChI=1S/C12H17N5OS/c1-4-17-11(10(13)8(3)16-17)12(18)14-5-9-15-7(2)6-19-9/h6H,4-5,13H2,1-3H3,(H,14,18). The summed E-state index contributed by atoms with van der Waals surface area (Å²) in [6.07, 6.45) is 0. The number of nitrogens with two attached hydrogens (primary N) is 1. The van der Waals surface area contributed by atoms with E-state index >= 15 is 0 Å². The number of aromatic nitrogens is 3. The smallest absolute Gasteiger partial charge is 0.272 e. The highest BCUT2D eigenvalue weighted by atomic mass is 32.1. The lowest BCUT2D eigenvalue weighted by atomic mass is 10.3. The first-order chi connectivity index (χ1) is 9.02. The molecule has 0 atom stereocenters. The topological polar surface area (TPSA) is 85.8 Å². The van der Waals surface area contributed by atoms with Crippen LogP contribution < -0.4 is 11.1 Å². The lowest BCUT2D eigenvalue weighted by molar-refractivity contribution is 0.0941. The van der Waals surface area contributed by atoms with Crippen molar-refractivity contribution in [2.45, 2.75) is 33.9 Å². The Morgan fingerprint density at radius 3 is 2.84 bits per heavy atom. The Morgan fingerprint density at radius 2 is 2.26 bits per heavy atom. The van der Waals surface area contributed by atoms with Crippen LogP contribution in [0.4, 0.5) is 5.69 Å². The van der Waals surface area contributed by atoms with Crippen molar-refractivity contribution in [1.29, 1.82) is 0 Å². The van der Waals surface area contributed by atoms with Gasteiger partial charge in [0, 0.05) is 17.6 Å². The van der Waals surface area contributed by atoms with Crippen LogP contribution in [0.15, 0.2) is 5.38 Å². The second kappa shape index (κ2) is 5.40. The van der Waals surface area contributed by atoms with Gasteiger partial charge in [-0.15, -0.1) is 11.3 Å².